The number of rotatable bonds is 4. The molecule has 2 aromatic carbocycles. The van der Waals surface area contributed by atoms with Crippen LogP contribution in [0.3, 0.4) is 0 Å². The second-order valence-corrected chi connectivity index (χ2v) is 4.18. The number of carbonyl (C=O) groups is 1. The van der Waals surface area contributed by atoms with Crippen LogP contribution >= 0.6 is 0 Å². The Labute approximate surface area is 116 Å². The summed E-state index contributed by atoms with van der Waals surface area (Å²) in [6.07, 6.45) is 0. The minimum atomic E-state index is -0.788. The lowest BCUT2D eigenvalue weighted by molar-refractivity contribution is -0.138. The molecule has 0 unspecified atom stereocenters. The predicted octanol–water partition coefficient (Wildman–Crippen LogP) is 3.75. The van der Waals surface area contributed by atoms with E-state index in [4.69, 9.17) is 7.48 Å². The highest BCUT2D eigenvalue weighted by Gasteiger charge is 1.98. The zero-order valence-corrected chi connectivity index (χ0v) is 10.7. The first-order valence-electron chi connectivity index (χ1n) is 7.03. The fourth-order valence-corrected chi connectivity index (χ4v) is 1.52. The standard InChI is InChI=1S/C17H16O2/c1-14-7-9-15(10-8-14)11-12-17(18)19-13-16-5-3-2-4-6-16/h2-12H,13H2,1H3/b12-11+/i11D,12D. The van der Waals surface area contributed by atoms with Gasteiger partial charge in [-0.3, -0.25) is 0 Å². The van der Waals surface area contributed by atoms with Crippen LogP contribution in [0.15, 0.2) is 60.6 Å². The van der Waals surface area contributed by atoms with Gasteiger partial charge in [-0.15, -0.1) is 0 Å². The van der Waals surface area contributed by atoms with E-state index in [-0.39, 0.29) is 12.7 Å². The molecule has 0 aliphatic heterocycles. The van der Waals surface area contributed by atoms with Crippen LogP contribution in [0.4, 0.5) is 0 Å². The number of carbonyl (C=O) groups excluding carboxylic acids is 1. The molecule has 2 aromatic rings. The molecule has 0 saturated heterocycles. The summed E-state index contributed by atoms with van der Waals surface area (Å²) in [6.45, 7) is 2.04. The van der Waals surface area contributed by atoms with E-state index in [1.165, 1.54) is 0 Å². The number of aryl methyl sites for hydroxylation is 1. The van der Waals surface area contributed by atoms with Crippen molar-refractivity contribution in [2.45, 2.75) is 13.5 Å². The van der Waals surface area contributed by atoms with Crippen molar-refractivity contribution in [3.63, 3.8) is 0 Å². The maximum absolute atomic E-state index is 11.8. The van der Waals surface area contributed by atoms with Crippen molar-refractivity contribution in [1.29, 1.82) is 0 Å². The van der Waals surface area contributed by atoms with Gasteiger partial charge in [-0.05, 0) is 24.1 Å². The lowest BCUT2D eigenvalue weighted by Gasteiger charge is -2.01. The average Bonchev–Trinajstić information content (AvgIpc) is 2.53. The third-order valence-electron chi connectivity index (χ3n) is 2.57. The second-order valence-electron chi connectivity index (χ2n) is 4.18. The van der Waals surface area contributed by atoms with E-state index >= 15 is 0 Å². The van der Waals surface area contributed by atoms with Crippen molar-refractivity contribution in [2.24, 2.45) is 0 Å². The monoisotopic (exact) mass is 254 g/mol. The predicted molar refractivity (Wildman–Crippen MR) is 76.5 cm³/mol. The van der Waals surface area contributed by atoms with Gasteiger partial charge in [0.25, 0.3) is 0 Å². The molecule has 0 aromatic heterocycles. The van der Waals surface area contributed by atoms with Crippen molar-refractivity contribution < 1.29 is 12.3 Å². The molecule has 0 amide bonds. The molecule has 2 rings (SSSR count). The molecule has 0 fully saturated rings. The van der Waals surface area contributed by atoms with Gasteiger partial charge >= 0.3 is 5.97 Å². The Kier molecular flexibility index (Phi) is 3.64. The Morgan fingerprint density at radius 3 is 2.53 bits per heavy atom. The molecule has 0 radical (unpaired) electrons. The Hall–Kier alpha value is -2.35. The molecule has 0 aliphatic rings. The number of benzene rings is 2. The Balaban J connectivity index is 2.07. The van der Waals surface area contributed by atoms with Gasteiger partial charge in [0.05, 0.1) is 2.74 Å². The summed E-state index contributed by atoms with van der Waals surface area (Å²) in [5.41, 5.74) is 2.44. The van der Waals surface area contributed by atoms with Gasteiger partial charge in [-0.1, -0.05) is 60.2 Å². The van der Waals surface area contributed by atoms with Gasteiger partial charge in [0.1, 0.15) is 6.61 Å². The third-order valence-corrected chi connectivity index (χ3v) is 2.57. The van der Waals surface area contributed by atoms with E-state index < -0.39 is 12.0 Å². The first-order valence-corrected chi connectivity index (χ1v) is 6.03. The molecule has 0 saturated carbocycles. The first-order chi connectivity index (χ1) is 10.1. The molecule has 19 heavy (non-hydrogen) atoms. The minimum Gasteiger partial charge on any atom is -0.458 e. The van der Waals surface area contributed by atoms with Crippen molar-refractivity contribution >= 4 is 12.0 Å². The summed E-state index contributed by atoms with van der Waals surface area (Å²) < 4.78 is 20.7. The Morgan fingerprint density at radius 2 is 1.84 bits per heavy atom. The molecule has 0 aliphatic carbocycles. The smallest absolute Gasteiger partial charge is 0.331 e. The lowest BCUT2D eigenvalue weighted by Crippen LogP contribution is -2.00. The van der Waals surface area contributed by atoms with Crippen LogP contribution < -0.4 is 0 Å². The van der Waals surface area contributed by atoms with E-state index in [1.54, 1.807) is 12.1 Å². The first kappa shape index (κ1) is 10.6. The highest BCUT2D eigenvalue weighted by molar-refractivity contribution is 5.87. The summed E-state index contributed by atoms with van der Waals surface area (Å²) in [5.74, 6) is -0.788. The normalized spacial score (nSPS) is 13.1. The van der Waals surface area contributed by atoms with Gasteiger partial charge < -0.3 is 4.74 Å². The summed E-state index contributed by atoms with van der Waals surface area (Å²) in [6, 6.07) is 15.8. The number of hydrogen-bond donors (Lipinski definition) is 0. The summed E-state index contributed by atoms with van der Waals surface area (Å²) >= 11 is 0. The van der Waals surface area contributed by atoms with E-state index in [2.05, 4.69) is 0 Å². The number of esters is 1. The van der Waals surface area contributed by atoms with Crippen molar-refractivity contribution in [2.75, 3.05) is 0 Å². The largest absolute Gasteiger partial charge is 0.458 e. The molecule has 0 bridgehead atoms. The minimum absolute atomic E-state index is 0.100. The van der Waals surface area contributed by atoms with Crippen LogP contribution in [0.1, 0.15) is 19.4 Å². The van der Waals surface area contributed by atoms with Crippen LogP contribution in [0.2, 0.25) is 0 Å². The summed E-state index contributed by atoms with van der Waals surface area (Å²) in [7, 11) is 0. The molecular weight excluding hydrogens is 236 g/mol. The fourth-order valence-electron chi connectivity index (χ4n) is 1.52. The molecule has 0 spiro atoms. The van der Waals surface area contributed by atoms with Crippen LogP contribution in [0.5, 0.6) is 0 Å². The molecule has 2 nitrogen and oxygen atoms in total. The number of hydrogen-bond acceptors (Lipinski definition) is 2. The van der Waals surface area contributed by atoms with Crippen LogP contribution in [0.25, 0.3) is 6.05 Å². The number of ether oxygens (including phenoxy) is 1. The Morgan fingerprint density at radius 1 is 1.16 bits per heavy atom. The van der Waals surface area contributed by atoms with E-state index in [9.17, 15) is 4.79 Å². The fraction of sp³-hybridized carbons (Fsp3) is 0.118. The van der Waals surface area contributed by atoms with Crippen LogP contribution in [0, 0.1) is 6.92 Å². The quantitative estimate of drug-likeness (QED) is 0.613. The second kappa shape index (κ2) is 6.55. The van der Waals surface area contributed by atoms with Crippen LogP contribution in [-0.4, -0.2) is 5.97 Å². The van der Waals surface area contributed by atoms with Crippen LogP contribution in [-0.2, 0) is 16.1 Å². The lowest BCUT2D eigenvalue weighted by atomic mass is 10.1. The highest BCUT2D eigenvalue weighted by Crippen LogP contribution is 2.06. The molecular formula is C17H16O2. The van der Waals surface area contributed by atoms with Gasteiger partial charge in [0, 0.05) is 6.05 Å². The van der Waals surface area contributed by atoms with Crippen molar-refractivity contribution in [1.82, 2.24) is 0 Å². The maximum atomic E-state index is 11.8. The van der Waals surface area contributed by atoms with Crippen molar-refractivity contribution in [3.8, 4) is 0 Å². The third kappa shape index (κ3) is 4.43. The Bertz CT molecular complexity index is 646. The van der Waals surface area contributed by atoms with Crippen molar-refractivity contribution in [3.05, 3.63) is 77.3 Å². The van der Waals surface area contributed by atoms with E-state index in [1.807, 2.05) is 49.4 Å². The SMILES string of the molecule is [2H]/C(C(=O)OCc1ccccc1)=C(/[2H])c1ccc(C)cc1. The van der Waals surface area contributed by atoms with Gasteiger partial charge in [-0.2, -0.15) is 0 Å². The molecule has 2 heteroatoms. The van der Waals surface area contributed by atoms with Gasteiger partial charge in [0.15, 0.2) is 0 Å². The van der Waals surface area contributed by atoms with E-state index in [0.29, 0.717) is 5.56 Å². The summed E-state index contributed by atoms with van der Waals surface area (Å²) in [5, 5.41) is 0. The highest BCUT2D eigenvalue weighted by atomic mass is 16.5. The summed E-state index contributed by atoms with van der Waals surface area (Å²) in [4.78, 5) is 11.8. The molecule has 0 atom stereocenters. The molecule has 0 heterocycles. The van der Waals surface area contributed by atoms with E-state index in [0.717, 1.165) is 11.1 Å². The van der Waals surface area contributed by atoms with Gasteiger partial charge in [-0.25, -0.2) is 4.79 Å². The zero-order chi connectivity index (χ0) is 15.2. The topological polar surface area (TPSA) is 26.3 Å². The average molecular weight is 254 g/mol. The molecule has 96 valence electrons. The maximum Gasteiger partial charge on any atom is 0.331 e. The van der Waals surface area contributed by atoms with Gasteiger partial charge in [0.2, 0.25) is 0 Å². The molecule has 0 N–H and O–H groups in total. The zero-order valence-electron chi connectivity index (χ0n) is 12.7.